The van der Waals surface area contributed by atoms with E-state index in [4.69, 9.17) is 5.11 Å². The van der Waals surface area contributed by atoms with E-state index in [1.54, 1.807) is 0 Å². The van der Waals surface area contributed by atoms with Gasteiger partial charge in [0.05, 0.1) is 0 Å². The molecule has 0 aromatic carbocycles. The summed E-state index contributed by atoms with van der Waals surface area (Å²) in [5.41, 5.74) is 0.991. The normalized spacial score (nSPS) is 12.3. The van der Waals surface area contributed by atoms with Crippen LogP contribution in [0.4, 0.5) is 11.6 Å². The second-order valence-corrected chi connectivity index (χ2v) is 3.61. The predicted molar refractivity (Wildman–Crippen MR) is 61.1 cm³/mol. The molecule has 0 bridgehead atoms. The summed E-state index contributed by atoms with van der Waals surface area (Å²) in [7, 11) is 1.83. The summed E-state index contributed by atoms with van der Waals surface area (Å²) in [4.78, 5) is 8.24. The van der Waals surface area contributed by atoms with Crippen LogP contribution in [0.1, 0.15) is 12.5 Å². The lowest BCUT2D eigenvalue weighted by atomic mass is 10.2. The van der Waals surface area contributed by atoms with Crippen molar-refractivity contribution in [3.05, 3.63) is 11.9 Å². The van der Waals surface area contributed by atoms with Gasteiger partial charge in [0.1, 0.15) is 18.0 Å². The molecule has 0 amide bonds. The molecule has 1 atom stereocenters. The van der Waals surface area contributed by atoms with Gasteiger partial charge in [-0.3, -0.25) is 0 Å². The second-order valence-electron chi connectivity index (χ2n) is 3.61. The van der Waals surface area contributed by atoms with Gasteiger partial charge in [0, 0.05) is 25.8 Å². The zero-order valence-corrected chi connectivity index (χ0v) is 9.41. The zero-order valence-electron chi connectivity index (χ0n) is 9.41. The smallest absolute Gasteiger partial charge is 0.134 e. The Balaban J connectivity index is 2.68. The third-order valence-corrected chi connectivity index (χ3v) is 2.25. The van der Waals surface area contributed by atoms with Crippen molar-refractivity contribution in [1.29, 1.82) is 0 Å². The van der Waals surface area contributed by atoms with E-state index in [9.17, 15) is 0 Å². The quantitative estimate of drug-likeness (QED) is 0.672. The molecular weight excluding hydrogens is 192 g/mol. The fraction of sp³-hybridized carbons (Fsp3) is 0.600. The number of nitrogens with zero attached hydrogens (tertiary/aromatic N) is 2. The van der Waals surface area contributed by atoms with Crippen molar-refractivity contribution in [3.8, 4) is 0 Å². The molecule has 1 aromatic rings. The molecule has 0 radical (unpaired) electrons. The first-order chi connectivity index (χ1) is 7.19. The largest absolute Gasteiger partial charge is 0.396 e. The van der Waals surface area contributed by atoms with E-state index in [0.29, 0.717) is 6.54 Å². The van der Waals surface area contributed by atoms with Crippen molar-refractivity contribution in [3.63, 3.8) is 0 Å². The summed E-state index contributed by atoms with van der Waals surface area (Å²) < 4.78 is 0. The molecule has 1 rings (SSSR count). The van der Waals surface area contributed by atoms with Gasteiger partial charge in [0.15, 0.2) is 0 Å². The minimum Gasteiger partial charge on any atom is -0.396 e. The van der Waals surface area contributed by atoms with Crippen molar-refractivity contribution in [1.82, 2.24) is 9.97 Å². The Kier molecular flexibility index (Phi) is 4.30. The SMILES string of the molecule is CNc1ncnc(NCC(C)CO)c1C. The van der Waals surface area contributed by atoms with Crippen molar-refractivity contribution in [2.45, 2.75) is 13.8 Å². The van der Waals surface area contributed by atoms with E-state index in [0.717, 1.165) is 17.2 Å². The number of anilines is 2. The zero-order chi connectivity index (χ0) is 11.3. The molecule has 0 saturated heterocycles. The lowest BCUT2D eigenvalue weighted by molar-refractivity contribution is 0.244. The number of hydrogen-bond acceptors (Lipinski definition) is 5. The summed E-state index contributed by atoms with van der Waals surface area (Å²) in [5, 5.41) is 15.1. The van der Waals surface area contributed by atoms with Gasteiger partial charge in [0.2, 0.25) is 0 Å². The molecule has 0 spiro atoms. The Hall–Kier alpha value is -1.36. The topological polar surface area (TPSA) is 70.1 Å². The monoisotopic (exact) mass is 210 g/mol. The van der Waals surface area contributed by atoms with E-state index >= 15 is 0 Å². The minimum absolute atomic E-state index is 0.177. The molecule has 3 N–H and O–H groups in total. The lowest BCUT2D eigenvalue weighted by Gasteiger charge is -2.13. The molecule has 1 aromatic heterocycles. The molecule has 0 aliphatic carbocycles. The van der Waals surface area contributed by atoms with Crippen molar-refractivity contribution < 1.29 is 5.11 Å². The first kappa shape index (κ1) is 11.7. The van der Waals surface area contributed by atoms with Gasteiger partial charge < -0.3 is 15.7 Å². The van der Waals surface area contributed by atoms with Crippen molar-refractivity contribution >= 4 is 11.6 Å². The van der Waals surface area contributed by atoms with Gasteiger partial charge in [-0.1, -0.05) is 6.92 Å². The molecule has 0 aliphatic rings. The maximum atomic E-state index is 8.90. The lowest BCUT2D eigenvalue weighted by Crippen LogP contribution is -2.16. The fourth-order valence-corrected chi connectivity index (χ4v) is 1.22. The number of nitrogens with one attached hydrogen (secondary N) is 2. The minimum atomic E-state index is 0.177. The summed E-state index contributed by atoms with van der Waals surface area (Å²) in [5.74, 6) is 1.86. The van der Waals surface area contributed by atoms with Gasteiger partial charge in [-0.25, -0.2) is 9.97 Å². The molecular formula is C10H18N4O. The summed E-state index contributed by atoms with van der Waals surface area (Å²) >= 11 is 0. The van der Waals surface area contributed by atoms with E-state index in [-0.39, 0.29) is 12.5 Å². The Labute approximate surface area is 90.0 Å². The summed E-state index contributed by atoms with van der Waals surface area (Å²) in [6.45, 7) is 4.81. The highest BCUT2D eigenvalue weighted by Crippen LogP contribution is 2.17. The first-order valence-corrected chi connectivity index (χ1v) is 5.03. The molecule has 5 nitrogen and oxygen atoms in total. The van der Waals surface area contributed by atoms with Crippen LogP contribution in [0.5, 0.6) is 0 Å². The molecule has 1 heterocycles. The second kappa shape index (κ2) is 5.50. The van der Waals surface area contributed by atoms with E-state index < -0.39 is 0 Å². The first-order valence-electron chi connectivity index (χ1n) is 5.03. The maximum absolute atomic E-state index is 8.90. The van der Waals surface area contributed by atoms with Crippen LogP contribution in [0.3, 0.4) is 0 Å². The van der Waals surface area contributed by atoms with Crippen LogP contribution in [0, 0.1) is 12.8 Å². The highest BCUT2D eigenvalue weighted by Gasteiger charge is 2.06. The molecule has 15 heavy (non-hydrogen) atoms. The van der Waals surface area contributed by atoms with E-state index in [1.165, 1.54) is 6.33 Å². The van der Waals surface area contributed by atoms with Gasteiger partial charge in [-0.05, 0) is 12.8 Å². The predicted octanol–water partition coefficient (Wildman–Crippen LogP) is 0.867. The molecule has 0 aliphatic heterocycles. The fourth-order valence-electron chi connectivity index (χ4n) is 1.22. The van der Waals surface area contributed by atoms with Crippen molar-refractivity contribution in [2.24, 2.45) is 5.92 Å². The van der Waals surface area contributed by atoms with Crippen LogP contribution in [0.25, 0.3) is 0 Å². The van der Waals surface area contributed by atoms with E-state index in [1.807, 2.05) is 20.9 Å². The number of aliphatic hydroxyl groups excluding tert-OH is 1. The number of rotatable bonds is 5. The third kappa shape index (κ3) is 3.06. The third-order valence-electron chi connectivity index (χ3n) is 2.25. The Morgan fingerprint density at radius 1 is 1.40 bits per heavy atom. The Morgan fingerprint density at radius 2 is 2.07 bits per heavy atom. The van der Waals surface area contributed by atoms with Crippen LogP contribution in [0.15, 0.2) is 6.33 Å². The molecule has 1 unspecified atom stereocenters. The summed E-state index contributed by atoms with van der Waals surface area (Å²) in [6, 6.07) is 0. The van der Waals surface area contributed by atoms with Crippen LogP contribution < -0.4 is 10.6 Å². The number of aliphatic hydroxyl groups is 1. The molecule has 0 fully saturated rings. The molecule has 84 valence electrons. The Bertz CT molecular complexity index is 316. The van der Waals surface area contributed by atoms with Gasteiger partial charge >= 0.3 is 0 Å². The van der Waals surface area contributed by atoms with Crippen LogP contribution in [-0.2, 0) is 0 Å². The van der Waals surface area contributed by atoms with Crippen LogP contribution in [-0.4, -0.2) is 35.3 Å². The number of aromatic nitrogens is 2. The Morgan fingerprint density at radius 3 is 2.67 bits per heavy atom. The molecule has 5 heteroatoms. The highest BCUT2D eigenvalue weighted by molar-refractivity contribution is 5.55. The van der Waals surface area contributed by atoms with E-state index in [2.05, 4.69) is 20.6 Å². The average Bonchev–Trinajstić information content (AvgIpc) is 2.27. The number of hydrogen-bond donors (Lipinski definition) is 3. The van der Waals surface area contributed by atoms with Crippen molar-refractivity contribution in [2.75, 3.05) is 30.8 Å². The highest BCUT2D eigenvalue weighted by atomic mass is 16.3. The van der Waals surface area contributed by atoms with Gasteiger partial charge in [0.25, 0.3) is 0 Å². The standard InChI is InChI=1S/C10H18N4O/c1-7(5-15)4-12-10-8(2)9(11-3)13-6-14-10/h6-7,15H,4-5H2,1-3H3,(H2,11,12,13,14). The average molecular weight is 210 g/mol. The van der Waals surface area contributed by atoms with Crippen LogP contribution in [0.2, 0.25) is 0 Å². The molecule has 0 saturated carbocycles. The van der Waals surface area contributed by atoms with Gasteiger partial charge in [-0.2, -0.15) is 0 Å². The van der Waals surface area contributed by atoms with Gasteiger partial charge in [-0.15, -0.1) is 0 Å². The summed E-state index contributed by atoms with van der Waals surface area (Å²) in [6.07, 6.45) is 1.52. The van der Waals surface area contributed by atoms with Crippen LogP contribution >= 0.6 is 0 Å². The maximum Gasteiger partial charge on any atom is 0.134 e.